The Labute approximate surface area is 155 Å². The first-order valence-electron chi connectivity index (χ1n) is 8.62. The minimum Gasteiger partial charge on any atom is -0.469 e. The minimum atomic E-state index is -0.267. The summed E-state index contributed by atoms with van der Waals surface area (Å²) in [5, 5.41) is 3.52. The van der Waals surface area contributed by atoms with Gasteiger partial charge in [-0.25, -0.2) is 0 Å². The van der Waals surface area contributed by atoms with Crippen LogP contribution in [0.25, 0.3) is 0 Å². The molecule has 1 aliphatic rings. The third kappa shape index (κ3) is 2.90. The van der Waals surface area contributed by atoms with Crippen LogP contribution in [0.4, 0.5) is 5.00 Å². The van der Waals surface area contributed by atoms with Gasteiger partial charge in [-0.2, -0.15) is 0 Å². The van der Waals surface area contributed by atoms with Crippen molar-refractivity contribution in [1.29, 1.82) is 0 Å². The number of rotatable bonds is 4. The van der Waals surface area contributed by atoms with Crippen LogP contribution in [0, 0.1) is 12.8 Å². The zero-order valence-electron chi connectivity index (χ0n) is 14.6. The fourth-order valence-corrected chi connectivity index (χ4v) is 4.80. The quantitative estimate of drug-likeness (QED) is 0.667. The molecule has 0 bridgehead atoms. The van der Waals surface area contributed by atoms with E-state index in [2.05, 4.69) is 12.2 Å². The van der Waals surface area contributed by atoms with E-state index in [1.165, 1.54) is 28.7 Å². The summed E-state index contributed by atoms with van der Waals surface area (Å²) in [6.45, 7) is 3.95. The van der Waals surface area contributed by atoms with Gasteiger partial charge in [0.05, 0.1) is 23.7 Å². The molecule has 1 atom stereocenters. The molecule has 1 amide bonds. The number of amides is 1. The standard InChI is InChI=1S/C20H19NO4S/c1-11-5-6-14-16(10-11)26-20(17(14)18(22)15-4-3-8-25-15)21-19(23)13-7-9-24-12(13)2/h3-4,7-9,11H,5-6,10H2,1-2H3,(H,21,23)/t11-/m0/s1. The first-order valence-corrected chi connectivity index (χ1v) is 9.44. The lowest BCUT2D eigenvalue weighted by atomic mass is 9.87. The van der Waals surface area contributed by atoms with Gasteiger partial charge in [-0.15, -0.1) is 11.3 Å². The molecule has 0 aliphatic heterocycles. The largest absolute Gasteiger partial charge is 0.469 e. The van der Waals surface area contributed by atoms with E-state index < -0.39 is 0 Å². The van der Waals surface area contributed by atoms with Gasteiger partial charge >= 0.3 is 0 Å². The van der Waals surface area contributed by atoms with Crippen LogP contribution >= 0.6 is 11.3 Å². The van der Waals surface area contributed by atoms with Crippen LogP contribution in [0.3, 0.4) is 0 Å². The van der Waals surface area contributed by atoms with Gasteiger partial charge in [0.2, 0.25) is 5.78 Å². The molecule has 1 N–H and O–H groups in total. The number of hydrogen-bond acceptors (Lipinski definition) is 5. The van der Waals surface area contributed by atoms with E-state index in [9.17, 15) is 9.59 Å². The van der Waals surface area contributed by atoms with Crippen molar-refractivity contribution in [1.82, 2.24) is 0 Å². The van der Waals surface area contributed by atoms with Crippen LogP contribution in [0.5, 0.6) is 0 Å². The first-order chi connectivity index (χ1) is 12.5. The maximum absolute atomic E-state index is 13.0. The lowest BCUT2D eigenvalue weighted by Crippen LogP contribution is -2.15. The molecule has 3 aromatic heterocycles. The second-order valence-electron chi connectivity index (χ2n) is 6.71. The smallest absolute Gasteiger partial charge is 0.259 e. The maximum atomic E-state index is 13.0. The van der Waals surface area contributed by atoms with E-state index in [1.54, 1.807) is 25.1 Å². The molecule has 4 rings (SSSR count). The summed E-state index contributed by atoms with van der Waals surface area (Å²) < 4.78 is 10.5. The first kappa shape index (κ1) is 16.8. The van der Waals surface area contributed by atoms with Gasteiger partial charge in [0.25, 0.3) is 5.91 Å². The molecular formula is C20H19NO4S. The van der Waals surface area contributed by atoms with E-state index >= 15 is 0 Å². The molecular weight excluding hydrogens is 350 g/mol. The molecule has 0 saturated carbocycles. The Morgan fingerprint density at radius 3 is 2.77 bits per heavy atom. The molecule has 6 heteroatoms. The molecule has 0 radical (unpaired) electrons. The molecule has 0 fully saturated rings. The van der Waals surface area contributed by atoms with Gasteiger partial charge in [0.1, 0.15) is 10.8 Å². The topological polar surface area (TPSA) is 72.5 Å². The van der Waals surface area contributed by atoms with Crippen molar-refractivity contribution >= 4 is 28.0 Å². The molecule has 5 nitrogen and oxygen atoms in total. The van der Waals surface area contributed by atoms with Crippen molar-refractivity contribution in [2.75, 3.05) is 5.32 Å². The SMILES string of the molecule is Cc1occc1C(=O)Nc1sc2c(c1C(=O)c1ccco1)CC[C@H](C)C2. The summed E-state index contributed by atoms with van der Waals surface area (Å²) in [5.41, 5.74) is 2.09. The van der Waals surface area contributed by atoms with Crippen molar-refractivity contribution in [3.8, 4) is 0 Å². The third-order valence-corrected chi connectivity index (χ3v) is 5.98. The van der Waals surface area contributed by atoms with Crippen molar-refractivity contribution in [2.24, 2.45) is 5.92 Å². The normalized spacial score (nSPS) is 16.3. The van der Waals surface area contributed by atoms with Crippen molar-refractivity contribution < 1.29 is 18.4 Å². The highest BCUT2D eigenvalue weighted by molar-refractivity contribution is 7.17. The summed E-state index contributed by atoms with van der Waals surface area (Å²) >= 11 is 1.50. The Hall–Kier alpha value is -2.60. The van der Waals surface area contributed by atoms with Crippen molar-refractivity contribution in [2.45, 2.75) is 33.1 Å². The predicted octanol–water partition coefficient (Wildman–Crippen LogP) is 4.85. The fraction of sp³-hybridized carbons (Fsp3) is 0.300. The Morgan fingerprint density at radius 1 is 1.23 bits per heavy atom. The monoisotopic (exact) mass is 369 g/mol. The molecule has 0 spiro atoms. The van der Waals surface area contributed by atoms with Crippen LogP contribution in [0.2, 0.25) is 0 Å². The van der Waals surface area contributed by atoms with E-state index in [4.69, 9.17) is 8.83 Å². The predicted molar refractivity (Wildman–Crippen MR) is 99.0 cm³/mol. The van der Waals surface area contributed by atoms with E-state index in [0.717, 1.165) is 24.8 Å². The molecule has 26 heavy (non-hydrogen) atoms. The molecule has 1 aliphatic carbocycles. The number of hydrogen-bond donors (Lipinski definition) is 1. The summed E-state index contributed by atoms with van der Waals surface area (Å²) in [6, 6.07) is 4.99. The lowest BCUT2D eigenvalue weighted by molar-refractivity contribution is 0.101. The molecule has 0 aromatic carbocycles. The third-order valence-electron chi connectivity index (χ3n) is 4.81. The number of anilines is 1. The van der Waals surface area contributed by atoms with E-state index in [0.29, 0.717) is 33.6 Å². The van der Waals surface area contributed by atoms with Crippen molar-refractivity contribution in [3.05, 3.63) is 63.8 Å². The number of carbonyl (C=O) groups excluding carboxylic acids is 2. The Morgan fingerprint density at radius 2 is 2.08 bits per heavy atom. The van der Waals surface area contributed by atoms with Crippen LogP contribution in [0.1, 0.15) is 56.0 Å². The highest BCUT2D eigenvalue weighted by atomic mass is 32.1. The zero-order valence-corrected chi connectivity index (χ0v) is 15.4. The summed E-state index contributed by atoms with van der Waals surface area (Å²) in [4.78, 5) is 26.8. The Balaban J connectivity index is 1.75. The average molecular weight is 369 g/mol. The minimum absolute atomic E-state index is 0.179. The fourth-order valence-electron chi connectivity index (χ4n) is 3.40. The van der Waals surface area contributed by atoms with Gasteiger partial charge in [-0.05, 0) is 55.9 Å². The molecule has 134 valence electrons. The highest BCUT2D eigenvalue weighted by Crippen LogP contribution is 2.41. The van der Waals surface area contributed by atoms with Gasteiger partial charge in [-0.3, -0.25) is 9.59 Å². The van der Waals surface area contributed by atoms with Gasteiger partial charge < -0.3 is 14.2 Å². The van der Waals surface area contributed by atoms with Crippen LogP contribution < -0.4 is 5.32 Å². The highest BCUT2D eigenvalue weighted by Gasteiger charge is 2.30. The Bertz CT molecular complexity index is 964. The van der Waals surface area contributed by atoms with Crippen LogP contribution in [-0.2, 0) is 12.8 Å². The maximum Gasteiger partial charge on any atom is 0.259 e. The second-order valence-corrected chi connectivity index (χ2v) is 7.81. The van der Waals surface area contributed by atoms with E-state index in [-0.39, 0.29) is 11.7 Å². The summed E-state index contributed by atoms with van der Waals surface area (Å²) in [7, 11) is 0. The molecule has 0 unspecified atom stereocenters. The lowest BCUT2D eigenvalue weighted by Gasteiger charge is -2.18. The van der Waals surface area contributed by atoms with Crippen molar-refractivity contribution in [3.63, 3.8) is 0 Å². The second kappa shape index (κ2) is 6.61. The summed E-state index contributed by atoms with van der Waals surface area (Å²) in [5.74, 6) is 0.973. The molecule has 3 heterocycles. The number of aryl methyl sites for hydroxylation is 1. The number of furan rings is 2. The van der Waals surface area contributed by atoms with Gasteiger partial charge in [0, 0.05) is 4.88 Å². The average Bonchev–Trinajstić information content (AvgIpc) is 3.33. The molecule has 0 saturated heterocycles. The zero-order chi connectivity index (χ0) is 18.3. The number of nitrogens with one attached hydrogen (secondary N) is 1. The summed E-state index contributed by atoms with van der Waals surface area (Å²) in [6.07, 6.45) is 5.78. The van der Waals surface area contributed by atoms with Gasteiger partial charge in [-0.1, -0.05) is 6.92 Å². The Kier molecular flexibility index (Phi) is 4.28. The number of thiophene rings is 1. The number of carbonyl (C=O) groups is 2. The number of ketones is 1. The van der Waals surface area contributed by atoms with Crippen LogP contribution in [0.15, 0.2) is 39.6 Å². The van der Waals surface area contributed by atoms with Gasteiger partial charge in [0.15, 0.2) is 5.76 Å². The van der Waals surface area contributed by atoms with E-state index in [1.807, 2.05) is 0 Å². The molecule has 3 aromatic rings. The van der Waals surface area contributed by atoms with Crippen LogP contribution in [-0.4, -0.2) is 11.7 Å². The number of fused-ring (bicyclic) bond motifs is 1.